The molecule has 0 heterocycles. The van der Waals surface area contributed by atoms with Crippen LogP contribution in [0.25, 0.3) is 0 Å². The molecule has 108 valence electrons. The van der Waals surface area contributed by atoms with Crippen molar-refractivity contribution >= 4 is 5.97 Å². The Bertz CT molecular complexity index is 549. The summed E-state index contributed by atoms with van der Waals surface area (Å²) in [7, 11) is 0. The van der Waals surface area contributed by atoms with E-state index in [2.05, 4.69) is 9.47 Å². The number of nitrogens with zero attached hydrogens (tertiary/aromatic N) is 1. The van der Waals surface area contributed by atoms with E-state index in [1.165, 1.54) is 6.92 Å². The summed E-state index contributed by atoms with van der Waals surface area (Å²) < 4.78 is 45.3. The molecule has 0 saturated carbocycles. The van der Waals surface area contributed by atoms with Crippen molar-refractivity contribution in [1.82, 2.24) is 0 Å². The van der Waals surface area contributed by atoms with Gasteiger partial charge in [-0.3, -0.25) is 0 Å². The number of hydrogen-bond acceptors (Lipinski definition) is 5. The Labute approximate surface area is 112 Å². The molecular formula is C12H10F3NO4. The normalized spacial score (nSPS) is 10.8. The molecule has 0 bridgehead atoms. The summed E-state index contributed by atoms with van der Waals surface area (Å²) >= 11 is 0. The first-order chi connectivity index (χ1) is 9.32. The van der Waals surface area contributed by atoms with Crippen LogP contribution in [0.1, 0.15) is 28.4 Å². The average molecular weight is 289 g/mol. The summed E-state index contributed by atoms with van der Waals surface area (Å²) in [5, 5.41) is 17.9. The van der Waals surface area contributed by atoms with E-state index in [0.717, 1.165) is 12.1 Å². The summed E-state index contributed by atoms with van der Waals surface area (Å²) in [5.41, 5.74) is -0.980. The predicted octanol–water partition coefficient (Wildman–Crippen LogP) is 2.13. The van der Waals surface area contributed by atoms with Crippen molar-refractivity contribution < 1.29 is 32.5 Å². The molecule has 0 aliphatic rings. The standard InChI is InChI=1S/C12H10F3NO4/c1-2-19-11(18)10-8(5-16)3-7(6-17)4-9(10)20-12(13,14)15/h3-4,17H,2,6H2,1H3. The maximum atomic E-state index is 12.3. The molecule has 20 heavy (non-hydrogen) atoms. The van der Waals surface area contributed by atoms with Gasteiger partial charge in [0.05, 0.1) is 18.8 Å². The fraction of sp³-hybridized carbons (Fsp3) is 0.333. The van der Waals surface area contributed by atoms with Crippen LogP contribution in [0.4, 0.5) is 13.2 Å². The molecular weight excluding hydrogens is 279 g/mol. The lowest BCUT2D eigenvalue weighted by Gasteiger charge is -2.14. The van der Waals surface area contributed by atoms with Crippen LogP contribution in [-0.2, 0) is 11.3 Å². The van der Waals surface area contributed by atoms with Gasteiger partial charge in [-0.05, 0) is 24.6 Å². The number of ether oxygens (including phenoxy) is 2. The van der Waals surface area contributed by atoms with E-state index in [9.17, 15) is 18.0 Å². The molecule has 1 N–H and O–H groups in total. The van der Waals surface area contributed by atoms with E-state index in [0.29, 0.717) is 0 Å². The molecule has 0 amide bonds. The third kappa shape index (κ3) is 3.86. The van der Waals surface area contributed by atoms with Gasteiger partial charge in [0.25, 0.3) is 0 Å². The van der Waals surface area contributed by atoms with E-state index in [-0.39, 0.29) is 17.7 Å². The Morgan fingerprint density at radius 3 is 2.55 bits per heavy atom. The summed E-state index contributed by atoms with van der Waals surface area (Å²) in [6, 6.07) is 3.50. The van der Waals surface area contributed by atoms with Gasteiger partial charge in [0.15, 0.2) is 0 Å². The third-order valence-corrected chi connectivity index (χ3v) is 2.17. The second-order valence-corrected chi connectivity index (χ2v) is 3.55. The molecule has 0 saturated heterocycles. The zero-order chi connectivity index (χ0) is 15.3. The van der Waals surface area contributed by atoms with Gasteiger partial charge in [-0.1, -0.05) is 0 Å². The van der Waals surface area contributed by atoms with Gasteiger partial charge in [-0.15, -0.1) is 13.2 Å². The van der Waals surface area contributed by atoms with Crippen LogP contribution in [0.15, 0.2) is 12.1 Å². The summed E-state index contributed by atoms with van der Waals surface area (Å²) in [6.07, 6.45) is -5.04. The number of halogens is 3. The summed E-state index contributed by atoms with van der Waals surface area (Å²) in [6.45, 7) is 0.791. The Morgan fingerprint density at radius 2 is 2.10 bits per heavy atom. The molecule has 0 unspecified atom stereocenters. The van der Waals surface area contributed by atoms with E-state index >= 15 is 0 Å². The van der Waals surface area contributed by atoms with Crippen LogP contribution in [0.3, 0.4) is 0 Å². The maximum absolute atomic E-state index is 12.3. The van der Waals surface area contributed by atoms with Crippen molar-refractivity contribution in [2.24, 2.45) is 0 Å². The summed E-state index contributed by atoms with van der Waals surface area (Å²) in [4.78, 5) is 11.6. The zero-order valence-corrected chi connectivity index (χ0v) is 10.3. The molecule has 1 aromatic carbocycles. The van der Waals surface area contributed by atoms with Gasteiger partial charge < -0.3 is 14.6 Å². The Morgan fingerprint density at radius 1 is 1.45 bits per heavy atom. The number of benzene rings is 1. The number of rotatable bonds is 4. The molecule has 5 nitrogen and oxygen atoms in total. The van der Waals surface area contributed by atoms with E-state index in [1.54, 1.807) is 6.07 Å². The smallest absolute Gasteiger partial charge is 0.462 e. The third-order valence-electron chi connectivity index (χ3n) is 2.17. The molecule has 1 aromatic rings. The fourth-order valence-corrected chi connectivity index (χ4v) is 1.47. The van der Waals surface area contributed by atoms with Crippen LogP contribution in [0, 0.1) is 11.3 Å². The number of hydrogen-bond donors (Lipinski definition) is 1. The van der Waals surface area contributed by atoms with Crippen molar-refractivity contribution in [1.29, 1.82) is 5.26 Å². The second-order valence-electron chi connectivity index (χ2n) is 3.55. The van der Waals surface area contributed by atoms with Gasteiger partial charge in [0.1, 0.15) is 17.4 Å². The molecule has 0 aromatic heterocycles. The van der Waals surface area contributed by atoms with Crippen molar-refractivity contribution in [3.63, 3.8) is 0 Å². The van der Waals surface area contributed by atoms with Crippen LogP contribution in [-0.4, -0.2) is 24.0 Å². The van der Waals surface area contributed by atoms with E-state index in [1.807, 2.05) is 0 Å². The van der Waals surface area contributed by atoms with E-state index in [4.69, 9.17) is 10.4 Å². The van der Waals surface area contributed by atoms with Crippen molar-refractivity contribution in [3.8, 4) is 11.8 Å². The number of aliphatic hydroxyl groups excluding tert-OH is 1. The minimum atomic E-state index is -5.04. The van der Waals surface area contributed by atoms with Gasteiger partial charge in [0, 0.05) is 0 Å². The van der Waals surface area contributed by atoms with Gasteiger partial charge in [-0.2, -0.15) is 5.26 Å². The predicted molar refractivity (Wildman–Crippen MR) is 59.7 cm³/mol. The highest BCUT2D eigenvalue weighted by Gasteiger charge is 2.34. The van der Waals surface area contributed by atoms with Crippen molar-refractivity contribution in [3.05, 3.63) is 28.8 Å². The quantitative estimate of drug-likeness (QED) is 0.859. The number of aliphatic hydroxyl groups is 1. The number of esters is 1. The van der Waals surface area contributed by atoms with Crippen LogP contribution >= 0.6 is 0 Å². The molecule has 0 aliphatic heterocycles. The average Bonchev–Trinajstić information content (AvgIpc) is 2.35. The molecule has 8 heteroatoms. The lowest BCUT2D eigenvalue weighted by atomic mass is 10.0. The Hall–Kier alpha value is -2.27. The number of carbonyl (C=O) groups is 1. The highest BCUT2D eigenvalue weighted by molar-refractivity contribution is 5.95. The van der Waals surface area contributed by atoms with Crippen molar-refractivity contribution in [2.75, 3.05) is 6.61 Å². The lowest BCUT2D eigenvalue weighted by Crippen LogP contribution is -2.20. The van der Waals surface area contributed by atoms with Crippen molar-refractivity contribution in [2.45, 2.75) is 19.9 Å². The van der Waals surface area contributed by atoms with Crippen LogP contribution in [0.2, 0.25) is 0 Å². The van der Waals surface area contributed by atoms with Crippen LogP contribution < -0.4 is 4.74 Å². The lowest BCUT2D eigenvalue weighted by molar-refractivity contribution is -0.274. The van der Waals surface area contributed by atoms with Gasteiger partial charge >= 0.3 is 12.3 Å². The fourth-order valence-electron chi connectivity index (χ4n) is 1.47. The Kier molecular flexibility index (Phi) is 4.94. The highest BCUT2D eigenvalue weighted by atomic mass is 19.4. The number of alkyl halides is 3. The Balaban J connectivity index is 3.43. The SMILES string of the molecule is CCOC(=O)c1c(C#N)cc(CO)cc1OC(F)(F)F. The van der Waals surface area contributed by atoms with Gasteiger partial charge in [0.2, 0.25) is 0 Å². The minimum absolute atomic E-state index is 0.00819. The minimum Gasteiger partial charge on any atom is -0.462 e. The zero-order valence-electron chi connectivity index (χ0n) is 10.3. The van der Waals surface area contributed by atoms with Crippen LogP contribution in [0.5, 0.6) is 5.75 Å². The van der Waals surface area contributed by atoms with E-state index < -0.39 is 30.3 Å². The first-order valence-corrected chi connectivity index (χ1v) is 5.43. The molecule has 0 aliphatic carbocycles. The molecule has 0 radical (unpaired) electrons. The first-order valence-electron chi connectivity index (χ1n) is 5.43. The topological polar surface area (TPSA) is 79.6 Å². The molecule has 0 atom stereocenters. The first kappa shape index (κ1) is 15.8. The molecule has 0 spiro atoms. The largest absolute Gasteiger partial charge is 0.573 e. The monoisotopic (exact) mass is 289 g/mol. The number of nitriles is 1. The van der Waals surface area contributed by atoms with Gasteiger partial charge in [-0.25, -0.2) is 4.79 Å². The second kappa shape index (κ2) is 6.25. The maximum Gasteiger partial charge on any atom is 0.573 e. The molecule has 0 fully saturated rings. The molecule has 1 rings (SSSR count). The summed E-state index contributed by atoms with van der Waals surface area (Å²) in [5.74, 6) is -1.98. The number of carbonyl (C=O) groups excluding carboxylic acids is 1. The highest BCUT2D eigenvalue weighted by Crippen LogP contribution is 2.30.